The summed E-state index contributed by atoms with van der Waals surface area (Å²) in [5.41, 5.74) is 0.534. The lowest BCUT2D eigenvalue weighted by Gasteiger charge is -2.57. The third kappa shape index (κ3) is 3.86. The van der Waals surface area contributed by atoms with E-state index >= 15 is 0 Å². The number of carbonyl (C=O) groups excluding carboxylic acids is 1. The number of amides is 1. The Morgan fingerprint density at radius 1 is 1.11 bits per heavy atom. The number of hydrogen-bond donors (Lipinski definition) is 1. The van der Waals surface area contributed by atoms with E-state index in [4.69, 9.17) is 4.74 Å². The molecule has 154 valence electrons. The molecule has 1 amide bonds. The number of rotatable bonds is 6. The van der Waals surface area contributed by atoms with E-state index < -0.39 is 16.1 Å². The van der Waals surface area contributed by atoms with E-state index in [1.807, 2.05) is 0 Å². The molecule has 0 heterocycles. The fraction of sp³-hybridized carbons (Fsp3) is 0.667. The number of ether oxygens (including phenoxy) is 1. The summed E-state index contributed by atoms with van der Waals surface area (Å²) in [7, 11) is -1.80. The van der Waals surface area contributed by atoms with Crippen molar-refractivity contribution >= 4 is 21.6 Å². The Balaban J connectivity index is 1.37. The van der Waals surface area contributed by atoms with E-state index in [1.165, 1.54) is 30.6 Å². The Morgan fingerprint density at radius 2 is 1.61 bits per heavy atom. The van der Waals surface area contributed by atoms with Gasteiger partial charge in [-0.2, -0.15) is 0 Å². The van der Waals surface area contributed by atoms with Crippen LogP contribution in [-0.4, -0.2) is 39.3 Å². The van der Waals surface area contributed by atoms with E-state index in [1.54, 1.807) is 31.2 Å². The maximum atomic E-state index is 12.8. The van der Waals surface area contributed by atoms with E-state index in [0.29, 0.717) is 11.4 Å². The van der Waals surface area contributed by atoms with Gasteiger partial charge in [-0.15, -0.1) is 0 Å². The SMILES string of the molecule is CC(Oc1ccc(N(C)S(C)(=O)=O)cc1)C(=O)NC12CC3CC(CC(C3)C1)C2. The van der Waals surface area contributed by atoms with Crippen LogP contribution in [0.1, 0.15) is 45.4 Å². The number of nitrogens with zero attached hydrogens (tertiary/aromatic N) is 1. The molecular weight excluding hydrogens is 376 g/mol. The normalized spacial score (nSPS) is 32.0. The minimum atomic E-state index is -3.30. The number of anilines is 1. The highest BCUT2D eigenvalue weighted by Gasteiger charge is 2.51. The zero-order chi connectivity index (χ0) is 20.1. The molecule has 1 N–H and O–H groups in total. The van der Waals surface area contributed by atoms with Gasteiger partial charge in [0.25, 0.3) is 5.91 Å². The number of carbonyl (C=O) groups is 1. The largest absolute Gasteiger partial charge is 0.481 e. The molecular formula is C21H30N2O4S. The van der Waals surface area contributed by atoms with Crippen LogP contribution in [0.25, 0.3) is 0 Å². The molecule has 4 aliphatic carbocycles. The molecule has 7 heteroatoms. The third-order valence-electron chi connectivity index (χ3n) is 6.81. The van der Waals surface area contributed by atoms with Crippen molar-refractivity contribution in [1.82, 2.24) is 5.32 Å². The van der Waals surface area contributed by atoms with Gasteiger partial charge in [0.2, 0.25) is 10.0 Å². The Labute approximate surface area is 167 Å². The Morgan fingerprint density at radius 3 is 2.07 bits per heavy atom. The van der Waals surface area contributed by atoms with Crippen LogP contribution in [0.3, 0.4) is 0 Å². The van der Waals surface area contributed by atoms with Crippen molar-refractivity contribution in [3.63, 3.8) is 0 Å². The minimum Gasteiger partial charge on any atom is -0.481 e. The Bertz CT molecular complexity index is 814. The predicted molar refractivity (Wildman–Crippen MR) is 109 cm³/mol. The number of hydrogen-bond acceptors (Lipinski definition) is 4. The van der Waals surface area contributed by atoms with Crippen molar-refractivity contribution in [3.05, 3.63) is 24.3 Å². The van der Waals surface area contributed by atoms with Gasteiger partial charge in [-0.1, -0.05) is 0 Å². The molecule has 0 radical (unpaired) electrons. The average Bonchev–Trinajstić information content (AvgIpc) is 2.59. The first-order valence-corrected chi connectivity index (χ1v) is 12.0. The van der Waals surface area contributed by atoms with Gasteiger partial charge < -0.3 is 10.1 Å². The van der Waals surface area contributed by atoms with Gasteiger partial charge in [0.15, 0.2) is 6.10 Å². The molecule has 5 rings (SSSR count). The second kappa shape index (κ2) is 6.94. The molecule has 0 aromatic heterocycles. The van der Waals surface area contributed by atoms with Gasteiger partial charge in [0.05, 0.1) is 11.9 Å². The fourth-order valence-electron chi connectivity index (χ4n) is 5.81. The highest BCUT2D eigenvalue weighted by molar-refractivity contribution is 7.92. The minimum absolute atomic E-state index is 0.0223. The van der Waals surface area contributed by atoms with Crippen LogP contribution < -0.4 is 14.4 Å². The first-order chi connectivity index (χ1) is 13.1. The summed E-state index contributed by atoms with van der Waals surface area (Å²) < 4.78 is 30.3. The highest BCUT2D eigenvalue weighted by atomic mass is 32.2. The first-order valence-electron chi connectivity index (χ1n) is 10.2. The molecule has 0 aliphatic heterocycles. The zero-order valence-corrected chi connectivity index (χ0v) is 17.7. The van der Waals surface area contributed by atoms with Crippen LogP contribution in [-0.2, 0) is 14.8 Å². The molecule has 28 heavy (non-hydrogen) atoms. The van der Waals surface area contributed by atoms with Gasteiger partial charge in [-0.3, -0.25) is 9.10 Å². The molecule has 0 saturated heterocycles. The molecule has 6 nitrogen and oxygen atoms in total. The summed E-state index contributed by atoms with van der Waals surface area (Å²) in [5.74, 6) is 2.84. The highest BCUT2D eigenvalue weighted by Crippen LogP contribution is 2.55. The molecule has 4 bridgehead atoms. The number of benzene rings is 1. The fourth-order valence-corrected chi connectivity index (χ4v) is 6.32. The molecule has 1 aromatic rings. The number of nitrogens with one attached hydrogen (secondary N) is 1. The molecule has 4 aliphatic rings. The van der Waals surface area contributed by atoms with Crippen molar-refractivity contribution in [2.45, 2.75) is 57.1 Å². The van der Waals surface area contributed by atoms with Crippen LogP contribution in [0.5, 0.6) is 5.75 Å². The second-order valence-electron chi connectivity index (χ2n) is 9.17. The van der Waals surface area contributed by atoms with Crippen LogP contribution in [0.4, 0.5) is 5.69 Å². The van der Waals surface area contributed by atoms with Gasteiger partial charge >= 0.3 is 0 Å². The Kier molecular flexibility index (Phi) is 4.84. The van der Waals surface area contributed by atoms with Crippen molar-refractivity contribution in [1.29, 1.82) is 0 Å². The maximum Gasteiger partial charge on any atom is 0.261 e. The van der Waals surface area contributed by atoms with Crippen LogP contribution >= 0.6 is 0 Å². The first kappa shape index (κ1) is 19.6. The van der Waals surface area contributed by atoms with E-state index in [2.05, 4.69) is 5.32 Å². The smallest absolute Gasteiger partial charge is 0.261 e. The summed E-state index contributed by atoms with van der Waals surface area (Å²) >= 11 is 0. The third-order valence-corrected chi connectivity index (χ3v) is 8.01. The molecule has 1 unspecified atom stereocenters. The standard InChI is InChI=1S/C21H30N2O4S/c1-14(27-19-6-4-18(5-7-19)23(2)28(3,25)26)20(24)22-21-11-15-8-16(12-21)10-17(9-15)13-21/h4-7,14-17H,8-13H2,1-3H3,(H,22,24). The van der Waals surface area contributed by atoms with E-state index in [-0.39, 0.29) is 11.4 Å². The quantitative estimate of drug-likeness (QED) is 0.788. The van der Waals surface area contributed by atoms with Gasteiger partial charge in [0.1, 0.15) is 5.75 Å². The monoisotopic (exact) mass is 406 g/mol. The molecule has 1 atom stereocenters. The van der Waals surface area contributed by atoms with Crippen molar-refractivity contribution in [2.75, 3.05) is 17.6 Å². The summed E-state index contributed by atoms with van der Waals surface area (Å²) in [6.07, 6.45) is 7.94. The summed E-state index contributed by atoms with van der Waals surface area (Å²) in [6.45, 7) is 1.77. The molecule has 4 saturated carbocycles. The lowest BCUT2D eigenvalue weighted by molar-refractivity contribution is -0.133. The lowest BCUT2D eigenvalue weighted by atomic mass is 9.53. The van der Waals surface area contributed by atoms with Crippen LogP contribution in [0, 0.1) is 17.8 Å². The lowest BCUT2D eigenvalue weighted by Crippen LogP contribution is -2.61. The van der Waals surface area contributed by atoms with E-state index in [0.717, 1.165) is 43.3 Å². The summed E-state index contributed by atoms with van der Waals surface area (Å²) in [5, 5.41) is 3.34. The maximum absolute atomic E-state index is 12.8. The van der Waals surface area contributed by atoms with Gasteiger partial charge in [-0.25, -0.2) is 8.42 Å². The number of sulfonamides is 1. The van der Waals surface area contributed by atoms with E-state index in [9.17, 15) is 13.2 Å². The van der Waals surface area contributed by atoms with Gasteiger partial charge in [0, 0.05) is 12.6 Å². The molecule has 4 fully saturated rings. The zero-order valence-electron chi connectivity index (χ0n) is 16.8. The Hall–Kier alpha value is -1.76. The van der Waals surface area contributed by atoms with Crippen LogP contribution in [0.15, 0.2) is 24.3 Å². The van der Waals surface area contributed by atoms with Crippen LogP contribution in [0.2, 0.25) is 0 Å². The van der Waals surface area contributed by atoms with Crippen molar-refractivity contribution in [3.8, 4) is 5.75 Å². The van der Waals surface area contributed by atoms with Crippen molar-refractivity contribution in [2.24, 2.45) is 17.8 Å². The molecule has 0 spiro atoms. The second-order valence-corrected chi connectivity index (χ2v) is 11.2. The molecule has 1 aromatic carbocycles. The average molecular weight is 407 g/mol. The summed E-state index contributed by atoms with van der Waals surface area (Å²) in [6, 6.07) is 6.76. The van der Waals surface area contributed by atoms with Gasteiger partial charge in [-0.05, 0) is 87.5 Å². The topological polar surface area (TPSA) is 75.7 Å². The van der Waals surface area contributed by atoms with Crippen molar-refractivity contribution < 1.29 is 17.9 Å². The predicted octanol–water partition coefficient (Wildman–Crippen LogP) is 2.93. The summed E-state index contributed by atoms with van der Waals surface area (Å²) in [4.78, 5) is 12.8.